The summed E-state index contributed by atoms with van der Waals surface area (Å²) in [5.41, 5.74) is 5.03. The Morgan fingerprint density at radius 1 is 1.00 bits per heavy atom. The van der Waals surface area contributed by atoms with Crippen molar-refractivity contribution < 1.29 is 9.11 Å². The van der Waals surface area contributed by atoms with Crippen LogP contribution in [0.2, 0.25) is 0 Å². The Morgan fingerprint density at radius 3 is 2.56 bits per heavy atom. The molecule has 2 atom stereocenters. The second-order valence-corrected chi connectivity index (χ2v) is 10.1. The maximum atomic E-state index is 4.95. The second-order valence-electron chi connectivity index (χ2n) is 10.1. The molecule has 9 nitrogen and oxygen atoms in total. The van der Waals surface area contributed by atoms with Gasteiger partial charge in [0.05, 0.1) is 25.7 Å². The van der Waals surface area contributed by atoms with Crippen molar-refractivity contribution in [2.45, 2.75) is 51.2 Å². The van der Waals surface area contributed by atoms with E-state index in [4.69, 9.17) is 9.73 Å². The van der Waals surface area contributed by atoms with Crippen LogP contribution in [-0.2, 0) is 6.54 Å². The van der Waals surface area contributed by atoms with Crippen molar-refractivity contribution in [3.63, 3.8) is 0 Å². The molecule has 4 aromatic rings. The molecule has 2 aromatic carbocycles. The minimum absolute atomic E-state index is 0.0551. The molecule has 186 valence electrons. The lowest BCUT2D eigenvalue weighted by molar-refractivity contribution is -0.977. The maximum absolute atomic E-state index is 4.95. The van der Waals surface area contributed by atoms with E-state index in [-0.39, 0.29) is 6.04 Å². The van der Waals surface area contributed by atoms with E-state index < -0.39 is 0 Å². The molecule has 9 heteroatoms. The minimum Gasteiger partial charge on any atom is -0.311 e. The van der Waals surface area contributed by atoms with Gasteiger partial charge >= 0.3 is 0 Å². The highest BCUT2D eigenvalue weighted by Crippen LogP contribution is 2.43. The van der Waals surface area contributed by atoms with Gasteiger partial charge in [-0.2, -0.15) is 0 Å². The molecule has 1 saturated heterocycles. The topological polar surface area (TPSA) is 94.6 Å². The van der Waals surface area contributed by atoms with Crippen LogP contribution < -0.4 is 5.32 Å². The largest absolute Gasteiger partial charge is 0.311 e. The molecular formula is C27H33N8O+. The van der Waals surface area contributed by atoms with E-state index in [0.29, 0.717) is 12.6 Å². The number of hydrogen-bond donors (Lipinski definition) is 1. The fourth-order valence-electron chi connectivity index (χ4n) is 6.03. The Labute approximate surface area is 211 Å². The molecule has 0 amide bonds. The van der Waals surface area contributed by atoms with Gasteiger partial charge in [0, 0.05) is 30.6 Å². The summed E-state index contributed by atoms with van der Waals surface area (Å²) >= 11 is 0. The fourth-order valence-corrected chi connectivity index (χ4v) is 6.03. The van der Waals surface area contributed by atoms with Crippen molar-refractivity contribution >= 4 is 0 Å². The Bertz CT molecular complexity index is 1270. The van der Waals surface area contributed by atoms with Gasteiger partial charge in [0.25, 0.3) is 0 Å². The van der Waals surface area contributed by atoms with Gasteiger partial charge in [-0.05, 0) is 47.3 Å². The van der Waals surface area contributed by atoms with Gasteiger partial charge < -0.3 is 9.80 Å². The SMILES string of the molecule is Cc1nonc1-c1ccc(C(c2nnnn2Cc2ccccc2)[N+]2(C3CCC3)CCCNCC2)cc1. The lowest BCUT2D eigenvalue weighted by Gasteiger charge is -2.52. The van der Waals surface area contributed by atoms with Gasteiger partial charge in [-0.15, -0.1) is 5.10 Å². The van der Waals surface area contributed by atoms with E-state index in [0.717, 1.165) is 59.9 Å². The summed E-state index contributed by atoms with van der Waals surface area (Å²) in [6.45, 7) is 6.84. The third-order valence-corrected chi connectivity index (χ3v) is 8.08. The summed E-state index contributed by atoms with van der Waals surface area (Å²) in [5.74, 6) is 0.944. The van der Waals surface area contributed by atoms with Gasteiger partial charge in [0.1, 0.15) is 11.4 Å². The number of nitrogens with zero attached hydrogens (tertiary/aromatic N) is 7. The molecule has 0 spiro atoms. The Hall–Kier alpha value is -3.43. The van der Waals surface area contributed by atoms with E-state index in [9.17, 15) is 0 Å². The number of rotatable bonds is 7. The Balaban J connectivity index is 1.45. The molecule has 2 aliphatic rings. The predicted octanol–water partition coefficient (Wildman–Crippen LogP) is 3.53. The first-order valence-electron chi connectivity index (χ1n) is 13.0. The zero-order valence-corrected chi connectivity index (χ0v) is 20.8. The molecule has 36 heavy (non-hydrogen) atoms. The molecule has 2 fully saturated rings. The molecule has 2 aromatic heterocycles. The first-order valence-corrected chi connectivity index (χ1v) is 13.0. The first kappa shape index (κ1) is 23.0. The fraction of sp³-hybridized carbons (Fsp3) is 0.444. The van der Waals surface area contributed by atoms with Crippen LogP contribution >= 0.6 is 0 Å². The number of nitrogens with one attached hydrogen (secondary N) is 1. The number of quaternary nitrogens is 1. The van der Waals surface area contributed by atoms with Crippen LogP contribution in [0.15, 0.2) is 59.2 Å². The molecule has 1 saturated carbocycles. The van der Waals surface area contributed by atoms with E-state index in [1.54, 1.807) is 0 Å². The Kier molecular flexibility index (Phi) is 6.33. The zero-order valence-electron chi connectivity index (χ0n) is 20.8. The normalized spacial score (nSPS) is 21.6. The quantitative estimate of drug-likeness (QED) is 0.400. The monoisotopic (exact) mass is 485 g/mol. The van der Waals surface area contributed by atoms with Crippen molar-refractivity contribution in [2.75, 3.05) is 26.2 Å². The lowest BCUT2D eigenvalue weighted by atomic mass is 9.85. The third kappa shape index (κ3) is 4.22. The van der Waals surface area contributed by atoms with Gasteiger partial charge in [-0.3, -0.25) is 0 Å². The molecule has 0 radical (unpaired) electrons. The molecule has 1 aliphatic heterocycles. The summed E-state index contributed by atoms with van der Waals surface area (Å²) in [4.78, 5) is 0. The van der Waals surface area contributed by atoms with E-state index in [2.05, 4.69) is 74.6 Å². The molecule has 3 heterocycles. The van der Waals surface area contributed by atoms with Crippen molar-refractivity contribution in [3.05, 3.63) is 77.2 Å². The van der Waals surface area contributed by atoms with E-state index in [1.807, 2.05) is 17.7 Å². The zero-order chi connectivity index (χ0) is 24.4. The Morgan fingerprint density at radius 2 is 1.83 bits per heavy atom. The van der Waals surface area contributed by atoms with Gasteiger partial charge in [0.2, 0.25) is 5.82 Å². The lowest BCUT2D eigenvalue weighted by Crippen LogP contribution is -2.62. The highest BCUT2D eigenvalue weighted by molar-refractivity contribution is 5.61. The van der Waals surface area contributed by atoms with Gasteiger partial charge in [0.15, 0.2) is 6.04 Å². The number of aryl methyl sites for hydroxylation is 1. The number of aromatic nitrogens is 6. The van der Waals surface area contributed by atoms with Crippen LogP contribution in [0.25, 0.3) is 11.3 Å². The van der Waals surface area contributed by atoms with Gasteiger partial charge in [-0.1, -0.05) is 59.8 Å². The minimum atomic E-state index is 0.0551. The average molecular weight is 486 g/mol. The average Bonchev–Trinajstić information content (AvgIpc) is 3.43. The highest BCUT2D eigenvalue weighted by Gasteiger charge is 2.50. The molecule has 2 unspecified atom stereocenters. The van der Waals surface area contributed by atoms with Crippen LogP contribution in [0, 0.1) is 6.92 Å². The van der Waals surface area contributed by atoms with Crippen LogP contribution in [0.3, 0.4) is 0 Å². The third-order valence-electron chi connectivity index (χ3n) is 8.08. The molecular weight excluding hydrogens is 452 g/mol. The molecule has 6 rings (SSSR count). The second kappa shape index (κ2) is 9.91. The first-order chi connectivity index (χ1) is 17.7. The number of hydrogen-bond acceptors (Lipinski definition) is 7. The van der Waals surface area contributed by atoms with Crippen molar-refractivity contribution in [1.82, 2.24) is 35.8 Å². The maximum Gasteiger partial charge on any atom is 0.214 e. The highest BCUT2D eigenvalue weighted by atomic mass is 16.6. The van der Waals surface area contributed by atoms with Crippen LogP contribution in [0.5, 0.6) is 0 Å². The van der Waals surface area contributed by atoms with Crippen LogP contribution in [0.4, 0.5) is 0 Å². The molecule has 0 bridgehead atoms. The van der Waals surface area contributed by atoms with Crippen LogP contribution in [-0.4, -0.2) is 67.2 Å². The summed E-state index contributed by atoms with van der Waals surface area (Å²) in [7, 11) is 0. The summed E-state index contributed by atoms with van der Waals surface area (Å²) in [6.07, 6.45) is 4.98. The van der Waals surface area contributed by atoms with Crippen molar-refractivity contribution in [1.29, 1.82) is 0 Å². The standard InChI is InChI=1S/C27H33N8O/c1-20-25(31-36-30-20)22-11-13-23(14-12-22)26(35(24-9-5-10-24)17-6-15-28-16-18-35)27-29-32-33-34(27)19-21-7-3-2-4-8-21/h2-4,7-8,11-14,24,26,28H,5-6,9-10,15-19H2,1H3/q+1. The summed E-state index contributed by atoms with van der Waals surface area (Å²) in [5, 5.41) is 25.1. The number of benzene rings is 2. The van der Waals surface area contributed by atoms with Crippen LogP contribution in [0.1, 0.15) is 54.4 Å². The van der Waals surface area contributed by atoms with Crippen molar-refractivity contribution in [3.8, 4) is 11.3 Å². The molecule has 1 N–H and O–H groups in total. The summed E-state index contributed by atoms with van der Waals surface area (Å²) in [6, 6.07) is 19.9. The van der Waals surface area contributed by atoms with E-state index in [1.165, 1.54) is 30.4 Å². The van der Waals surface area contributed by atoms with Gasteiger partial charge in [-0.25, -0.2) is 9.31 Å². The van der Waals surface area contributed by atoms with E-state index >= 15 is 0 Å². The van der Waals surface area contributed by atoms with Crippen molar-refractivity contribution in [2.24, 2.45) is 0 Å². The summed E-state index contributed by atoms with van der Waals surface area (Å²) < 4.78 is 7.96. The smallest absolute Gasteiger partial charge is 0.214 e. The number of tetrazole rings is 1. The predicted molar refractivity (Wildman–Crippen MR) is 135 cm³/mol. The molecule has 1 aliphatic carbocycles.